The normalized spacial score (nSPS) is 15.9. The number of hydrogen-bond donors (Lipinski definition) is 2. The number of anilines is 1. The van der Waals surface area contributed by atoms with Crippen LogP contribution in [0.1, 0.15) is 5.56 Å². The average Bonchev–Trinajstić information content (AvgIpc) is 2.43. The zero-order chi connectivity index (χ0) is 14.4. The van der Waals surface area contributed by atoms with Crippen molar-refractivity contribution in [3.63, 3.8) is 0 Å². The van der Waals surface area contributed by atoms with Gasteiger partial charge in [-0.3, -0.25) is 4.90 Å². The van der Waals surface area contributed by atoms with Crippen molar-refractivity contribution in [1.29, 1.82) is 0 Å². The minimum Gasteiger partial charge on any atom is -0.379 e. The van der Waals surface area contributed by atoms with E-state index in [0.29, 0.717) is 6.54 Å². The van der Waals surface area contributed by atoms with Crippen molar-refractivity contribution in [2.45, 2.75) is 6.92 Å². The maximum Gasteiger partial charge on any atom is 0.319 e. The van der Waals surface area contributed by atoms with Crippen molar-refractivity contribution < 1.29 is 13.9 Å². The molecule has 110 valence electrons. The second-order valence-electron chi connectivity index (χ2n) is 4.82. The summed E-state index contributed by atoms with van der Waals surface area (Å²) in [4.78, 5) is 13.9. The Morgan fingerprint density at radius 1 is 1.40 bits per heavy atom. The number of carbonyl (C=O) groups excluding carboxylic acids is 1. The van der Waals surface area contributed by atoms with Crippen LogP contribution in [0.2, 0.25) is 0 Å². The molecule has 1 saturated heterocycles. The third-order valence-electron chi connectivity index (χ3n) is 3.19. The Balaban J connectivity index is 1.72. The lowest BCUT2D eigenvalue weighted by Gasteiger charge is -2.26. The molecule has 0 aromatic heterocycles. The van der Waals surface area contributed by atoms with Gasteiger partial charge in [0, 0.05) is 26.2 Å². The van der Waals surface area contributed by atoms with Crippen molar-refractivity contribution in [2.24, 2.45) is 0 Å². The summed E-state index contributed by atoms with van der Waals surface area (Å²) in [6.07, 6.45) is 0. The Labute approximate surface area is 118 Å². The Bertz CT molecular complexity index is 462. The molecule has 2 rings (SSSR count). The summed E-state index contributed by atoms with van der Waals surface area (Å²) in [5.41, 5.74) is 1.01. The number of benzene rings is 1. The van der Waals surface area contributed by atoms with Gasteiger partial charge in [-0.05, 0) is 24.6 Å². The Morgan fingerprint density at radius 2 is 2.15 bits per heavy atom. The van der Waals surface area contributed by atoms with Crippen LogP contribution >= 0.6 is 0 Å². The summed E-state index contributed by atoms with van der Waals surface area (Å²) in [5.74, 6) is -0.423. The topological polar surface area (TPSA) is 53.6 Å². The number of carbonyl (C=O) groups is 1. The Morgan fingerprint density at radius 3 is 2.85 bits per heavy atom. The summed E-state index contributed by atoms with van der Waals surface area (Å²) in [5, 5.41) is 5.23. The molecule has 1 aromatic rings. The van der Waals surface area contributed by atoms with Crippen molar-refractivity contribution in [2.75, 3.05) is 44.7 Å². The minimum atomic E-state index is -0.423. The molecule has 0 spiro atoms. The fourth-order valence-electron chi connectivity index (χ4n) is 2.04. The number of halogens is 1. The quantitative estimate of drug-likeness (QED) is 0.881. The van der Waals surface area contributed by atoms with Crippen LogP contribution in [0.4, 0.5) is 14.9 Å². The van der Waals surface area contributed by atoms with Gasteiger partial charge >= 0.3 is 6.03 Å². The number of ether oxygens (including phenoxy) is 1. The summed E-state index contributed by atoms with van der Waals surface area (Å²) < 4.78 is 18.8. The van der Waals surface area contributed by atoms with Crippen molar-refractivity contribution in [3.8, 4) is 0 Å². The van der Waals surface area contributed by atoms with Gasteiger partial charge in [-0.1, -0.05) is 6.07 Å². The van der Waals surface area contributed by atoms with Crippen molar-refractivity contribution >= 4 is 11.7 Å². The molecule has 1 aromatic carbocycles. The molecule has 5 nitrogen and oxygen atoms in total. The van der Waals surface area contributed by atoms with Crippen LogP contribution in [0.15, 0.2) is 18.2 Å². The second kappa shape index (κ2) is 7.21. The predicted octanol–water partition coefficient (Wildman–Crippen LogP) is 1.59. The number of aryl methyl sites for hydroxylation is 1. The van der Waals surface area contributed by atoms with E-state index < -0.39 is 5.82 Å². The molecule has 0 bridgehead atoms. The molecule has 6 heteroatoms. The highest BCUT2D eigenvalue weighted by Gasteiger charge is 2.10. The fourth-order valence-corrected chi connectivity index (χ4v) is 2.04. The SMILES string of the molecule is Cc1ccc(NC(=O)NCCN2CCOCC2)c(F)c1. The summed E-state index contributed by atoms with van der Waals surface area (Å²) in [6, 6.07) is 4.32. The van der Waals surface area contributed by atoms with Crippen LogP contribution in [0.3, 0.4) is 0 Å². The highest BCUT2D eigenvalue weighted by Crippen LogP contribution is 2.14. The van der Waals surface area contributed by atoms with Crippen LogP contribution < -0.4 is 10.6 Å². The van der Waals surface area contributed by atoms with E-state index in [0.717, 1.165) is 38.4 Å². The van der Waals surface area contributed by atoms with Gasteiger partial charge < -0.3 is 15.4 Å². The van der Waals surface area contributed by atoms with Crippen LogP contribution in [0.25, 0.3) is 0 Å². The predicted molar refractivity (Wildman–Crippen MR) is 75.4 cm³/mol. The molecule has 1 aliphatic rings. The van der Waals surface area contributed by atoms with Gasteiger partial charge in [0.15, 0.2) is 0 Å². The molecule has 0 atom stereocenters. The molecule has 2 amide bonds. The summed E-state index contributed by atoms with van der Waals surface area (Å²) >= 11 is 0. The van der Waals surface area contributed by atoms with Crippen LogP contribution in [0, 0.1) is 12.7 Å². The van der Waals surface area contributed by atoms with Crippen LogP contribution in [-0.2, 0) is 4.74 Å². The third kappa shape index (κ3) is 4.47. The van der Waals surface area contributed by atoms with E-state index in [1.54, 1.807) is 19.1 Å². The first-order valence-corrected chi connectivity index (χ1v) is 6.76. The number of urea groups is 1. The number of nitrogens with one attached hydrogen (secondary N) is 2. The molecule has 0 radical (unpaired) electrons. The number of morpholine rings is 1. The molecule has 0 saturated carbocycles. The zero-order valence-electron chi connectivity index (χ0n) is 11.6. The molecule has 2 N–H and O–H groups in total. The molecule has 1 fully saturated rings. The standard InChI is InChI=1S/C14H20FN3O2/c1-11-2-3-13(12(15)10-11)17-14(19)16-4-5-18-6-8-20-9-7-18/h2-3,10H,4-9H2,1H3,(H2,16,17,19). The lowest BCUT2D eigenvalue weighted by Crippen LogP contribution is -2.42. The Kier molecular flexibility index (Phi) is 5.31. The van der Waals surface area contributed by atoms with Gasteiger partial charge in [0.05, 0.1) is 18.9 Å². The number of nitrogens with zero attached hydrogens (tertiary/aromatic N) is 1. The van der Waals surface area contributed by atoms with Gasteiger partial charge in [0.25, 0.3) is 0 Å². The first kappa shape index (κ1) is 14.7. The lowest BCUT2D eigenvalue weighted by atomic mass is 10.2. The van der Waals surface area contributed by atoms with E-state index in [1.165, 1.54) is 6.07 Å². The van der Waals surface area contributed by atoms with Crippen molar-refractivity contribution in [3.05, 3.63) is 29.6 Å². The van der Waals surface area contributed by atoms with E-state index in [1.807, 2.05) is 0 Å². The zero-order valence-corrected chi connectivity index (χ0v) is 11.6. The van der Waals surface area contributed by atoms with E-state index in [-0.39, 0.29) is 11.7 Å². The molecular weight excluding hydrogens is 261 g/mol. The average molecular weight is 281 g/mol. The van der Waals surface area contributed by atoms with Gasteiger partial charge in [-0.25, -0.2) is 9.18 Å². The highest BCUT2D eigenvalue weighted by molar-refractivity contribution is 5.89. The smallest absolute Gasteiger partial charge is 0.319 e. The van der Waals surface area contributed by atoms with Gasteiger partial charge in [0.1, 0.15) is 5.82 Å². The summed E-state index contributed by atoms with van der Waals surface area (Å²) in [7, 11) is 0. The first-order valence-electron chi connectivity index (χ1n) is 6.76. The van der Waals surface area contributed by atoms with E-state index in [4.69, 9.17) is 4.74 Å². The minimum absolute atomic E-state index is 0.194. The molecule has 0 unspecified atom stereocenters. The largest absolute Gasteiger partial charge is 0.379 e. The lowest BCUT2D eigenvalue weighted by molar-refractivity contribution is 0.0388. The highest BCUT2D eigenvalue weighted by atomic mass is 19.1. The fraction of sp³-hybridized carbons (Fsp3) is 0.500. The van der Waals surface area contributed by atoms with Crippen molar-refractivity contribution in [1.82, 2.24) is 10.2 Å². The Hall–Kier alpha value is -1.66. The maximum atomic E-state index is 13.6. The van der Waals surface area contributed by atoms with Crippen LogP contribution in [0.5, 0.6) is 0 Å². The maximum absolute atomic E-state index is 13.6. The first-order chi connectivity index (χ1) is 9.65. The molecule has 1 aliphatic heterocycles. The van der Waals surface area contributed by atoms with Gasteiger partial charge in [0.2, 0.25) is 0 Å². The number of rotatable bonds is 4. The van der Waals surface area contributed by atoms with E-state index in [2.05, 4.69) is 15.5 Å². The number of hydrogen-bond acceptors (Lipinski definition) is 3. The van der Waals surface area contributed by atoms with Gasteiger partial charge in [-0.2, -0.15) is 0 Å². The third-order valence-corrected chi connectivity index (χ3v) is 3.19. The van der Waals surface area contributed by atoms with E-state index >= 15 is 0 Å². The second-order valence-corrected chi connectivity index (χ2v) is 4.82. The summed E-state index contributed by atoms with van der Waals surface area (Å²) in [6.45, 7) is 6.34. The molecule has 0 aliphatic carbocycles. The van der Waals surface area contributed by atoms with Gasteiger partial charge in [-0.15, -0.1) is 0 Å². The molecule has 20 heavy (non-hydrogen) atoms. The molecule has 1 heterocycles. The molecular formula is C14H20FN3O2. The number of amides is 2. The van der Waals surface area contributed by atoms with Crippen LogP contribution in [-0.4, -0.2) is 50.3 Å². The monoisotopic (exact) mass is 281 g/mol. The van der Waals surface area contributed by atoms with E-state index in [9.17, 15) is 9.18 Å².